The molecule has 0 spiro atoms. The second kappa shape index (κ2) is 7.06. The first-order chi connectivity index (χ1) is 12.7. The van der Waals surface area contributed by atoms with Gasteiger partial charge in [0.05, 0.1) is 16.5 Å². The molecule has 1 fully saturated rings. The molecule has 0 bridgehead atoms. The Labute approximate surface area is 154 Å². The van der Waals surface area contributed by atoms with Crippen LogP contribution in [0.25, 0.3) is 0 Å². The summed E-state index contributed by atoms with van der Waals surface area (Å²) < 4.78 is 38.7. The fourth-order valence-corrected chi connectivity index (χ4v) is 3.11. The van der Waals surface area contributed by atoms with Gasteiger partial charge in [0.2, 0.25) is 5.91 Å². The van der Waals surface area contributed by atoms with E-state index in [1.54, 1.807) is 18.2 Å². The molecule has 0 atom stereocenters. The maximum absolute atomic E-state index is 12.9. The third-order valence-corrected chi connectivity index (χ3v) is 4.80. The summed E-state index contributed by atoms with van der Waals surface area (Å²) in [6.45, 7) is 0.280. The second-order valence-corrected chi connectivity index (χ2v) is 6.67. The Morgan fingerprint density at radius 2 is 1.78 bits per heavy atom. The average molecular weight is 377 g/mol. The topological polar surface area (TPSA) is 66.4 Å². The van der Waals surface area contributed by atoms with E-state index in [2.05, 4.69) is 5.32 Å². The molecule has 1 amide bonds. The summed E-state index contributed by atoms with van der Waals surface area (Å²) in [5.41, 5.74) is -0.350. The highest BCUT2D eigenvalue weighted by molar-refractivity contribution is 5.91. The predicted molar refractivity (Wildman–Crippen MR) is 92.5 cm³/mol. The fraction of sp³-hybridized carbons (Fsp3) is 0.300. The van der Waals surface area contributed by atoms with Gasteiger partial charge in [0.25, 0.3) is 0 Å². The second-order valence-electron chi connectivity index (χ2n) is 6.67. The van der Waals surface area contributed by atoms with Crippen LogP contribution in [0.4, 0.5) is 13.2 Å². The van der Waals surface area contributed by atoms with Crippen LogP contribution >= 0.6 is 0 Å². The zero-order valence-corrected chi connectivity index (χ0v) is 14.3. The van der Waals surface area contributed by atoms with Crippen molar-refractivity contribution in [2.45, 2.75) is 30.9 Å². The van der Waals surface area contributed by atoms with Gasteiger partial charge in [-0.25, -0.2) is 4.79 Å². The van der Waals surface area contributed by atoms with Crippen LogP contribution in [0.15, 0.2) is 48.5 Å². The normalized spacial score (nSPS) is 15.2. The maximum Gasteiger partial charge on any atom is 0.416 e. The van der Waals surface area contributed by atoms with E-state index in [1.807, 2.05) is 0 Å². The zero-order chi connectivity index (χ0) is 19.7. The molecule has 7 heteroatoms. The van der Waals surface area contributed by atoms with E-state index in [0.29, 0.717) is 24.8 Å². The van der Waals surface area contributed by atoms with Gasteiger partial charge in [-0.3, -0.25) is 4.79 Å². The molecule has 1 saturated carbocycles. The lowest BCUT2D eigenvalue weighted by atomic mass is 9.93. The first-order valence-corrected chi connectivity index (χ1v) is 8.51. The molecule has 0 heterocycles. The number of carbonyl (C=O) groups is 2. The van der Waals surface area contributed by atoms with Gasteiger partial charge < -0.3 is 10.4 Å². The van der Waals surface area contributed by atoms with Crippen molar-refractivity contribution in [3.63, 3.8) is 0 Å². The van der Waals surface area contributed by atoms with Gasteiger partial charge >= 0.3 is 12.1 Å². The Morgan fingerprint density at radius 3 is 2.41 bits per heavy atom. The van der Waals surface area contributed by atoms with Crippen LogP contribution in [0.3, 0.4) is 0 Å². The van der Waals surface area contributed by atoms with Crippen molar-refractivity contribution >= 4 is 11.9 Å². The highest BCUT2D eigenvalue weighted by atomic mass is 19.4. The van der Waals surface area contributed by atoms with Gasteiger partial charge in [0, 0.05) is 6.54 Å². The van der Waals surface area contributed by atoms with E-state index >= 15 is 0 Å². The SMILES string of the molecule is O=C(O)c1cccc(CCNC(=O)C2(c3cccc(C(F)(F)F)c3)CC2)c1. The summed E-state index contributed by atoms with van der Waals surface area (Å²) in [5.74, 6) is -1.32. The number of amides is 1. The lowest BCUT2D eigenvalue weighted by Crippen LogP contribution is -2.36. The fourth-order valence-electron chi connectivity index (χ4n) is 3.11. The number of nitrogens with one attached hydrogen (secondary N) is 1. The lowest BCUT2D eigenvalue weighted by molar-refractivity contribution is -0.137. The number of hydrogen-bond donors (Lipinski definition) is 2. The summed E-state index contributed by atoms with van der Waals surface area (Å²) in [6, 6.07) is 11.3. The smallest absolute Gasteiger partial charge is 0.416 e. The standard InChI is InChI=1S/C20H18F3NO3/c21-20(22,23)16-6-2-5-15(12-16)19(8-9-19)18(27)24-10-7-13-3-1-4-14(11-13)17(25)26/h1-6,11-12H,7-10H2,(H,24,27)(H,25,26). The van der Waals surface area contributed by atoms with Gasteiger partial charge in [0.1, 0.15) is 0 Å². The molecule has 0 aliphatic heterocycles. The third-order valence-electron chi connectivity index (χ3n) is 4.80. The summed E-state index contributed by atoms with van der Waals surface area (Å²) in [4.78, 5) is 23.5. The number of carbonyl (C=O) groups excluding carboxylic acids is 1. The van der Waals surface area contributed by atoms with Crippen LogP contribution in [-0.4, -0.2) is 23.5 Å². The Hall–Kier alpha value is -2.83. The molecule has 0 unspecified atom stereocenters. The molecule has 2 aromatic carbocycles. The van der Waals surface area contributed by atoms with Crippen molar-refractivity contribution in [2.75, 3.05) is 6.54 Å². The lowest BCUT2D eigenvalue weighted by Gasteiger charge is -2.17. The first kappa shape index (κ1) is 18.9. The predicted octanol–water partition coefficient (Wildman–Crippen LogP) is 3.79. The van der Waals surface area contributed by atoms with Crippen LogP contribution in [0.1, 0.15) is 39.9 Å². The third kappa shape index (κ3) is 4.13. The maximum atomic E-state index is 12.9. The van der Waals surface area contributed by atoms with Crippen molar-refractivity contribution in [1.82, 2.24) is 5.32 Å². The first-order valence-electron chi connectivity index (χ1n) is 8.51. The summed E-state index contributed by atoms with van der Waals surface area (Å²) in [5, 5.41) is 11.8. The molecule has 3 rings (SSSR count). The molecule has 1 aliphatic carbocycles. The van der Waals surface area contributed by atoms with Crippen molar-refractivity contribution in [3.05, 3.63) is 70.8 Å². The van der Waals surface area contributed by atoms with Crippen molar-refractivity contribution < 1.29 is 27.9 Å². The molecule has 2 aromatic rings. The van der Waals surface area contributed by atoms with Crippen molar-refractivity contribution in [1.29, 1.82) is 0 Å². The molecular weight excluding hydrogens is 359 g/mol. The monoisotopic (exact) mass is 377 g/mol. The van der Waals surface area contributed by atoms with E-state index in [1.165, 1.54) is 18.2 Å². The van der Waals surface area contributed by atoms with E-state index in [0.717, 1.165) is 17.7 Å². The Morgan fingerprint density at radius 1 is 1.07 bits per heavy atom. The largest absolute Gasteiger partial charge is 0.478 e. The van der Waals surface area contributed by atoms with E-state index in [-0.39, 0.29) is 18.0 Å². The number of rotatable bonds is 6. The number of carboxylic acid groups (broad SMARTS) is 1. The summed E-state index contributed by atoms with van der Waals surface area (Å²) in [7, 11) is 0. The van der Waals surface area contributed by atoms with Gasteiger partial charge in [-0.2, -0.15) is 13.2 Å². The van der Waals surface area contributed by atoms with Crippen LogP contribution in [0.2, 0.25) is 0 Å². The molecule has 142 valence electrons. The Bertz CT molecular complexity index is 873. The van der Waals surface area contributed by atoms with Gasteiger partial charge in [0.15, 0.2) is 0 Å². The molecule has 1 aliphatic rings. The number of alkyl halides is 3. The molecule has 27 heavy (non-hydrogen) atoms. The molecule has 4 nitrogen and oxygen atoms in total. The van der Waals surface area contributed by atoms with Crippen molar-refractivity contribution in [2.24, 2.45) is 0 Å². The van der Waals surface area contributed by atoms with Crippen molar-refractivity contribution in [3.8, 4) is 0 Å². The Kier molecular flexibility index (Phi) is 4.95. The number of carboxylic acids is 1. The van der Waals surface area contributed by atoms with E-state index in [9.17, 15) is 22.8 Å². The number of benzene rings is 2. The minimum atomic E-state index is -4.45. The van der Waals surface area contributed by atoms with Gasteiger partial charge in [-0.1, -0.05) is 30.3 Å². The molecule has 0 aromatic heterocycles. The van der Waals surface area contributed by atoms with Gasteiger partial charge in [-0.05, 0) is 48.6 Å². The van der Waals surface area contributed by atoms with Crippen LogP contribution in [0.5, 0.6) is 0 Å². The highest BCUT2D eigenvalue weighted by Gasteiger charge is 2.51. The van der Waals surface area contributed by atoms with Crippen LogP contribution < -0.4 is 5.32 Å². The molecule has 0 radical (unpaired) electrons. The minimum Gasteiger partial charge on any atom is -0.478 e. The molecular formula is C20H18F3NO3. The van der Waals surface area contributed by atoms with Crippen LogP contribution in [0, 0.1) is 0 Å². The highest BCUT2D eigenvalue weighted by Crippen LogP contribution is 2.49. The number of halogens is 3. The number of aromatic carboxylic acids is 1. The van der Waals surface area contributed by atoms with Crippen LogP contribution in [-0.2, 0) is 22.8 Å². The summed E-state index contributed by atoms with van der Waals surface area (Å²) in [6.07, 6.45) is -2.99. The minimum absolute atomic E-state index is 0.168. The van der Waals surface area contributed by atoms with Gasteiger partial charge in [-0.15, -0.1) is 0 Å². The average Bonchev–Trinajstić information content (AvgIpc) is 3.43. The summed E-state index contributed by atoms with van der Waals surface area (Å²) >= 11 is 0. The van der Waals surface area contributed by atoms with E-state index < -0.39 is 23.1 Å². The Balaban J connectivity index is 1.65. The zero-order valence-electron chi connectivity index (χ0n) is 14.3. The van der Waals surface area contributed by atoms with E-state index in [4.69, 9.17) is 5.11 Å². The number of hydrogen-bond acceptors (Lipinski definition) is 2. The quantitative estimate of drug-likeness (QED) is 0.805. The molecule has 0 saturated heterocycles. The molecule has 2 N–H and O–H groups in total.